The lowest BCUT2D eigenvalue weighted by atomic mass is 10.0. The molecule has 0 bridgehead atoms. The quantitative estimate of drug-likeness (QED) is 0.168. The lowest BCUT2D eigenvalue weighted by Crippen LogP contribution is -2.45. The van der Waals surface area contributed by atoms with Gasteiger partial charge in [-0.05, 0) is 99.3 Å². The minimum Gasteiger partial charge on any atom is -0.497 e. The van der Waals surface area contributed by atoms with Crippen molar-refractivity contribution in [2.24, 2.45) is 0 Å². The third kappa shape index (κ3) is 9.24. The van der Waals surface area contributed by atoms with E-state index in [0.717, 1.165) is 96.4 Å². The van der Waals surface area contributed by atoms with Gasteiger partial charge >= 0.3 is 0 Å². The second-order valence-corrected chi connectivity index (χ2v) is 14.7. The fraction of sp³-hybridized carbons (Fsp3) is 0.286. The predicted molar refractivity (Wildman–Crippen MR) is 219 cm³/mol. The maximum absolute atomic E-state index is 12.5. The van der Waals surface area contributed by atoms with Gasteiger partial charge in [0.2, 0.25) is 0 Å². The van der Waals surface area contributed by atoms with Crippen LogP contribution >= 0.6 is 23.2 Å². The van der Waals surface area contributed by atoms with Gasteiger partial charge in [-0.25, -0.2) is 19.9 Å². The topological polar surface area (TPSA) is 125 Å². The summed E-state index contributed by atoms with van der Waals surface area (Å²) >= 11 is 12.1. The summed E-state index contributed by atoms with van der Waals surface area (Å²) in [5.41, 5.74) is 4.11. The van der Waals surface area contributed by atoms with Crippen molar-refractivity contribution in [2.45, 2.75) is 44.7 Å². The maximum Gasteiger partial charge on any atom is 0.251 e. The summed E-state index contributed by atoms with van der Waals surface area (Å²) in [6.07, 6.45) is 6.64. The number of ether oxygens (including phenoxy) is 1. The van der Waals surface area contributed by atoms with E-state index in [-0.39, 0.29) is 23.9 Å². The van der Waals surface area contributed by atoms with E-state index in [0.29, 0.717) is 21.4 Å². The Labute approximate surface area is 330 Å². The molecule has 0 spiro atoms. The van der Waals surface area contributed by atoms with E-state index in [1.165, 1.54) is 0 Å². The van der Waals surface area contributed by atoms with E-state index in [4.69, 9.17) is 27.9 Å². The molecule has 6 aromatic rings. The number of piperidine rings is 2. The third-order valence-corrected chi connectivity index (χ3v) is 10.5. The Balaban J connectivity index is 0.000000169. The molecule has 8 rings (SSSR count). The molecule has 4 aromatic carbocycles. The first-order chi connectivity index (χ1) is 26.7. The van der Waals surface area contributed by atoms with Gasteiger partial charge in [-0.2, -0.15) is 0 Å². The molecule has 2 aliphatic heterocycles. The van der Waals surface area contributed by atoms with E-state index >= 15 is 0 Å². The molecule has 55 heavy (non-hydrogen) atoms. The minimum atomic E-state index is -0.0699. The minimum absolute atomic E-state index is 0.000669. The Morgan fingerprint density at radius 3 is 1.58 bits per heavy atom. The fourth-order valence-corrected chi connectivity index (χ4v) is 7.43. The molecule has 0 radical (unpaired) electrons. The molecule has 0 aliphatic carbocycles. The van der Waals surface area contributed by atoms with Crippen LogP contribution in [0.4, 0.5) is 11.6 Å². The number of aryl methyl sites for hydroxylation is 1. The Morgan fingerprint density at radius 2 is 1.11 bits per heavy atom. The molecule has 0 atom stereocenters. The van der Waals surface area contributed by atoms with Gasteiger partial charge in [0, 0.05) is 70.2 Å². The van der Waals surface area contributed by atoms with Gasteiger partial charge in [-0.3, -0.25) is 9.59 Å². The van der Waals surface area contributed by atoms with E-state index in [2.05, 4.69) is 40.4 Å². The molecule has 0 unspecified atom stereocenters. The molecule has 2 N–H and O–H groups in total. The van der Waals surface area contributed by atoms with Crippen molar-refractivity contribution in [3.63, 3.8) is 0 Å². The highest BCUT2D eigenvalue weighted by atomic mass is 35.5. The molecule has 2 saturated heterocycles. The van der Waals surface area contributed by atoms with E-state index in [9.17, 15) is 9.59 Å². The van der Waals surface area contributed by atoms with Crippen molar-refractivity contribution in [3.8, 4) is 5.75 Å². The van der Waals surface area contributed by atoms with Gasteiger partial charge in [0.15, 0.2) is 0 Å². The van der Waals surface area contributed by atoms with Crippen molar-refractivity contribution < 1.29 is 14.3 Å². The number of anilines is 2. The number of hydrogen-bond acceptors (Lipinski definition) is 9. The number of hydrogen-bond donors (Lipinski definition) is 2. The molecule has 2 aliphatic rings. The summed E-state index contributed by atoms with van der Waals surface area (Å²) in [4.78, 5) is 47.1. The van der Waals surface area contributed by atoms with Crippen LogP contribution in [0.15, 0.2) is 97.6 Å². The van der Waals surface area contributed by atoms with Crippen LogP contribution < -0.4 is 25.2 Å². The van der Waals surface area contributed by atoms with Crippen molar-refractivity contribution >= 4 is 68.5 Å². The van der Waals surface area contributed by atoms with Gasteiger partial charge < -0.3 is 25.2 Å². The van der Waals surface area contributed by atoms with E-state index in [1.54, 1.807) is 31.9 Å². The Morgan fingerprint density at radius 1 is 0.636 bits per heavy atom. The van der Waals surface area contributed by atoms with E-state index < -0.39 is 0 Å². The van der Waals surface area contributed by atoms with Gasteiger partial charge in [-0.1, -0.05) is 47.0 Å². The van der Waals surface area contributed by atoms with Crippen molar-refractivity contribution in [3.05, 3.63) is 124 Å². The highest BCUT2D eigenvalue weighted by Gasteiger charge is 2.25. The second-order valence-electron chi connectivity index (χ2n) is 13.8. The van der Waals surface area contributed by atoms with Crippen molar-refractivity contribution in [2.75, 3.05) is 43.1 Å². The fourth-order valence-electron chi connectivity index (χ4n) is 7.10. The number of nitrogens with zero attached hydrogens (tertiary/aromatic N) is 6. The molecule has 2 aromatic heterocycles. The monoisotopic (exact) mass is 776 g/mol. The number of methoxy groups -OCH3 is 1. The smallest absolute Gasteiger partial charge is 0.251 e. The predicted octanol–water partition coefficient (Wildman–Crippen LogP) is 7.68. The second kappa shape index (κ2) is 17.3. The first-order valence-electron chi connectivity index (χ1n) is 18.4. The van der Waals surface area contributed by atoms with Gasteiger partial charge in [0.25, 0.3) is 11.8 Å². The summed E-state index contributed by atoms with van der Waals surface area (Å²) in [6.45, 7) is 5.31. The van der Waals surface area contributed by atoms with Gasteiger partial charge in [0.05, 0.1) is 18.1 Å². The zero-order chi connectivity index (χ0) is 38.3. The number of carbonyl (C=O) groups excluding carboxylic acids is 2. The maximum atomic E-state index is 12.5. The number of nitrogens with one attached hydrogen (secondary N) is 2. The molecule has 13 heteroatoms. The lowest BCUT2D eigenvalue weighted by Gasteiger charge is -2.33. The molecular formula is C42H42Cl2N8O3. The summed E-state index contributed by atoms with van der Waals surface area (Å²) in [7, 11) is 1.59. The van der Waals surface area contributed by atoms with Crippen LogP contribution in [0.1, 0.15) is 52.0 Å². The third-order valence-electron chi connectivity index (χ3n) is 10.0. The first kappa shape index (κ1) is 37.8. The zero-order valence-electron chi connectivity index (χ0n) is 30.7. The Hall–Kier alpha value is -5.52. The van der Waals surface area contributed by atoms with Crippen LogP contribution in [0.25, 0.3) is 21.8 Å². The highest BCUT2D eigenvalue weighted by molar-refractivity contribution is 6.31. The summed E-state index contributed by atoms with van der Waals surface area (Å²) < 4.78 is 5.19. The molecule has 2 fully saturated rings. The van der Waals surface area contributed by atoms with Crippen LogP contribution in [0.2, 0.25) is 10.0 Å². The Bertz CT molecular complexity index is 2310. The lowest BCUT2D eigenvalue weighted by molar-refractivity contribution is 0.0922. The first-order valence-corrected chi connectivity index (χ1v) is 19.1. The van der Waals surface area contributed by atoms with Crippen LogP contribution in [-0.2, 0) is 0 Å². The van der Waals surface area contributed by atoms with Crippen LogP contribution in [-0.4, -0.2) is 77.1 Å². The normalized spacial score (nSPS) is 15.0. The number of aromatic nitrogens is 4. The largest absolute Gasteiger partial charge is 0.497 e. The SMILES string of the molecule is COc1cccc(C(=O)NC2CCN(c3ncnc4cc(Cl)ccc34)CC2)c1.Cc1cccc(C(=O)NC2CCN(c3ncnc4cc(Cl)ccc34)CC2)c1. The average Bonchev–Trinajstić information content (AvgIpc) is 3.21. The molecule has 2 amide bonds. The Kier molecular flexibility index (Phi) is 11.9. The number of halogens is 2. The zero-order valence-corrected chi connectivity index (χ0v) is 32.2. The highest BCUT2D eigenvalue weighted by Crippen LogP contribution is 2.29. The van der Waals surface area contributed by atoms with Crippen molar-refractivity contribution in [1.82, 2.24) is 30.6 Å². The summed E-state index contributed by atoms with van der Waals surface area (Å²) in [5.74, 6) is 2.45. The summed E-state index contributed by atoms with van der Waals surface area (Å²) in [5, 5.41) is 9.62. The average molecular weight is 778 g/mol. The van der Waals surface area contributed by atoms with E-state index in [1.807, 2.05) is 79.7 Å². The molecule has 4 heterocycles. The molecule has 282 valence electrons. The van der Waals surface area contributed by atoms with Crippen molar-refractivity contribution in [1.29, 1.82) is 0 Å². The molecule has 0 saturated carbocycles. The number of benzene rings is 4. The van der Waals surface area contributed by atoms with Crippen LogP contribution in [0.5, 0.6) is 5.75 Å². The number of amides is 2. The van der Waals surface area contributed by atoms with Crippen LogP contribution in [0, 0.1) is 6.92 Å². The number of carbonyl (C=O) groups is 2. The summed E-state index contributed by atoms with van der Waals surface area (Å²) in [6, 6.07) is 26.6. The molecule has 11 nitrogen and oxygen atoms in total. The standard InChI is InChI=1S/C21H21ClN4O2.C21H21ClN4O/c1-28-17-4-2-3-14(11-17)21(27)25-16-7-9-26(10-8-16)20-18-6-5-15(22)12-19(18)23-13-24-20;1-14-3-2-4-15(11-14)21(27)25-17-7-9-26(10-8-17)20-18-6-5-16(22)12-19(18)23-13-24-20/h2-6,11-13,16H,7-10H2,1H3,(H,25,27);2-6,11-13,17H,7-10H2,1H3,(H,25,27). The molecular weight excluding hydrogens is 735 g/mol. The van der Waals surface area contributed by atoms with Gasteiger partial charge in [0.1, 0.15) is 30.0 Å². The number of fused-ring (bicyclic) bond motifs is 2. The number of rotatable bonds is 7. The van der Waals surface area contributed by atoms with Crippen LogP contribution in [0.3, 0.4) is 0 Å². The van der Waals surface area contributed by atoms with Gasteiger partial charge in [-0.15, -0.1) is 0 Å².